The molecule has 1 fully saturated rings. The molecule has 0 saturated heterocycles. The zero-order valence-electron chi connectivity index (χ0n) is 10.4. The van der Waals surface area contributed by atoms with Crippen LogP contribution in [0.1, 0.15) is 31.2 Å². The highest BCUT2D eigenvalue weighted by atomic mass is 35.5. The predicted octanol–water partition coefficient (Wildman–Crippen LogP) is 3.38. The van der Waals surface area contributed by atoms with E-state index in [0.29, 0.717) is 12.6 Å². The Hall–Kier alpha value is -1.17. The third-order valence-corrected chi connectivity index (χ3v) is 3.30. The zero-order valence-corrected chi connectivity index (χ0v) is 11.2. The molecule has 0 amide bonds. The summed E-state index contributed by atoms with van der Waals surface area (Å²) in [5.41, 5.74) is 1.05. The topological polar surface area (TPSA) is 21.3 Å². The van der Waals surface area contributed by atoms with E-state index >= 15 is 0 Å². The normalized spacial score (nSPS) is 14.2. The van der Waals surface area contributed by atoms with Gasteiger partial charge < -0.3 is 10.1 Å². The van der Waals surface area contributed by atoms with Crippen LogP contribution in [0.2, 0.25) is 5.02 Å². The van der Waals surface area contributed by atoms with Gasteiger partial charge in [0.25, 0.3) is 0 Å². The molecule has 0 unspecified atom stereocenters. The summed E-state index contributed by atoms with van der Waals surface area (Å²) >= 11 is 6.22. The first-order valence-electron chi connectivity index (χ1n) is 6.38. The van der Waals surface area contributed by atoms with Crippen LogP contribution >= 0.6 is 11.6 Å². The molecule has 96 valence electrons. The van der Waals surface area contributed by atoms with E-state index in [2.05, 4.69) is 11.2 Å². The van der Waals surface area contributed by atoms with Crippen LogP contribution in [-0.4, -0.2) is 12.6 Å². The SMILES string of the molecule is C#CCCCOc1cccc(Cl)c1CNC1CC1. The number of ether oxygens (including phenoxy) is 1. The second-order valence-corrected chi connectivity index (χ2v) is 4.94. The van der Waals surface area contributed by atoms with Crippen molar-refractivity contribution in [3.63, 3.8) is 0 Å². The number of hydrogen-bond acceptors (Lipinski definition) is 2. The van der Waals surface area contributed by atoms with Crippen LogP contribution in [-0.2, 0) is 6.54 Å². The molecule has 1 aliphatic carbocycles. The fourth-order valence-corrected chi connectivity index (χ4v) is 1.97. The van der Waals surface area contributed by atoms with Gasteiger partial charge in [-0.2, -0.15) is 0 Å². The molecule has 1 aromatic rings. The summed E-state index contributed by atoms with van der Waals surface area (Å²) in [7, 11) is 0. The zero-order chi connectivity index (χ0) is 12.8. The number of rotatable bonds is 7. The Morgan fingerprint density at radius 2 is 2.28 bits per heavy atom. The summed E-state index contributed by atoms with van der Waals surface area (Å²) < 4.78 is 5.75. The number of nitrogens with one attached hydrogen (secondary N) is 1. The van der Waals surface area contributed by atoms with E-state index in [9.17, 15) is 0 Å². The van der Waals surface area contributed by atoms with Gasteiger partial charge in [-0.15, -0.1) is 12.3 Å². The standard InChI is InChI=1S/C15H18ClNO/c1-2-3-4-10-18-15-7-5-6-14(16)13(15)11-17-12-8-9-12/h1,5-7,12,17H,3-4,8-11H2. The quantitative estimate of drug-likeness (QED) is 0.602. The van der Waals surface area contributed by atoms with Crippen molar-refractivity contribution >= 4 is 11.6 Å². The molecule has 0 radical (unpaired) electrons. The number of hydrogen-bond donors (Lipinski definition) is 1. The molecule has 0 bridgehead atoms. The largest absolute Gasteiger partial charge is 0.493 e. The van der Waals surface area contributed by atoms with Gasteiger partial charge >= 0.3 is 0 Å². The molecular formula is C15H18ClNO. The Balaban J connectivity index is 1.93. The van der Waals surface area contributed by atoms with E-state index in [-0.39, 0.29) is 0 Å². The summed E-state index contributed by atoms with van der Waals surface area (Å²) in [6, 6.07) is 6.45. The molecule has 0 atom stereocenters. The Morgan fingerprint density at radius 3 is 3.00 bits per heavy atom. The Bertz CT molecular complexity index is 435. The first-order valence-corrected chi connectivity index (χ1v) is 6.76. The smallest absolute Gasteiger partial charge is 0.125 e. The second-order valence-electron chi connectivity index (χ2n) is 4.53. The minimum Gasteiger partial charge on any atom is -0.493 e. The van der Waals surface area contributed by atoms with Crippen LogP contribution in [0.5, 0.6) is 5.75 Å². The molecule has 0 aliphatic heterocycles. The van der Waals surface area contributed by atoms with Crippen molar-refractivity contribution in [2.24, 2.45) is 0 Å². The Kier molecular flexibility index (Phi) is 4.92. The van der Waals surface area contributed by atoms with Crippen LogP contribution in [0.25, 0.3) is 0 Å². The highest BCUT2D eigenvalue weighted by Gasteiger charge is 2.21. The van der Waals surface area contributed by atoms with Gasteiger partial charge in [-0.25, -0.2) is 0 Å². The molecule has 2 rings (SSSR count). The molecule has 1 saturated carbocycles. The lowest BCUT2D eigenvalue weighted by Gasteiger charge is -2.13. The summed E-state index contributed by atoms with van der Waals surface area (Å²) in [4.78, 5) is 0. The van der Waals surface area contributed by atoms with E-state index in [4.69, 9.17) is 22.8 Å². The molecular weight excluding hydrogens is 246 g/mol. The fraction of sp³-hybridized carbons (Fsp3) is 0.467. The Labute approximate surface area is 114 Å². The summed E-state index contributed by atoms with van der Waals surface area (Å²) in [6.45, 7) is 1.41. The summed E-state index contributed by atoms with van der Waals surface area (Å²) in [5.74, 6) is 3.48. The van der Waals surface area contributed by atoms with Gasteiger partial charge in [0.2, 0.25) is 0 Å². The first-order chi connectivity index (χ1) is 8.81. The molecule has 1 N–H and O–H groups in total. The van der Waals surface area contributed by atoms with E-state index in [1.165, 1.54) is 12.8 Å². The van der Waals surface area contributed by atoms with Crippen LogP contribution in [0.3, 0.4) is 0 Å². The number of unbranched alkanes of at least 4 members (excludes halogenated alkanes) is 1. The highest BCUT2D eigenvalue weighted by molar-refractivity contribution is 6.31. The van der Waals surface area contributed by atoms with Crippen molar-refractivity contribution in [1.29, 1.82) is 0 Å². The number of terminal acetylenes is 1. The van der Waals surface area contributed by atoms with E-state index in [0.717, 1.165) is 35.7 Å². The van der Waals surface area contributed by atoms with Gasteiger partial charge in [0.15, 0.2) is 0 Å². The van der Waals surface area contributed by atoms with Crippen molar-refractivity contribution < 1.29 is 4.74 Å². The Morgan fingerprint density at radius 1 is 1.44 bits per heavy atom. The summed E-state index contributed by atoms with van der Waals surface area (Å²) in [5, 5.41) is 4.22. The van der Waals surface area contributed by atoms with Gasteiger partial charge in [0, 0.05) is 29.6 Å². The molecule has 2 nitrogen and oxygen atoms in total. The average molecular weight is 264 g/mol. The highest BCUT2D eigenvalue weighted by Crippen LogP contribution is 2.28. The minimum atomic E-state index is 0.640. The van der Waals surface area contributed by atoms with Crippen LogP contribution < -0.4 is 10.1 Å². The van der Waals surface area contributed by atoms with Crippen LogP contribution in [0, 0.1) is 12.3 Å². The molecule has 3 heteroatoms. The van der Waals surface area contributed by atoms with Crippen molar-refractivity contribution in [2.45, 2.75) is 38.3 Å². The maximum Gasteiger partial charge on any atom is 0.125 e. The van der Waals surface area contributed by atoms with Crippen LogP contribution in [0.15, 0.2) is 18.2 Å². The van der Waals surface area contributed by atoms with Crippen molar-refractivity contribution in [2.75, 3.05) is 6.61 Å². The van der Waals surface area contributed by atoms with Crippen molar-refractivity contribution in [3.8, 4) is 18.1 Å². The third kappa shape index (κ3) is 3.94. The lowest BCUT2D eigenvalue weighted by molar-refractivity contribution is 0.309. The number of benzene rings is 1. The van der Waals surface area contributed by atoms with Gasteiger partial charge in [0.1, 0.15) is 5.75 Å². The van der Waals surface area contributed by atoms with Gasteiger partial charge in [-0.3, -0.25) is 0 Å². The van der Waals surface area contributed by atoms with Crippen molar-refractivity contribution in [1.82, 2.24) is 5.32 Å². The third-order valence-electron chi connectivity index (χ3n) is 2.94. The van der Waals surface area contributed by atoms with Gasteiger partial charge in [-0.1, -0.05) is 17.7 Å². The maximum atomic E-state index is 6.22. The predicted molar refractivity (Wildman–Crippen MR) is 74.9 cm³/mol. The van der Waals surface area contributed by atoms with E-state index in [1.807, 2.05) is 18.2 Å². The molecule has 1 aliphatic rings. The van der Waals surface area contributed by atoms with Crippen molar-refractivity contribution in [3.05, 3.63) is 28.8 Å². The monoisotopic (exact) mass is 263 g/mol. The first kappa shape index (κ1) is 13.3. The molecule has 0 spiro atoms. The molecule has 18 heavy (non-hydrogen) atoms. The lowest BCUT2D eigenvalue weighted by atomic mass is 10.2. The summed E-state index contributed by atoms with van der Waals surface area (Å²) in [6.07, 6.45) is 9.37. The van der Waals surface area contributed by atoms with E-state index < -0.39 is 0 Å². The minimum absolute atomic E-state index is 0.640. The van der Waals surface area contributed by atoms with E-state index in [1.54, 1.807) is 0 Å². The van der Waals surface area contributed by atoms with Gasteiger partial charge in [-0.05, 0) is 31.4 Å². The lowest BCUT2D eigenvalue weighted by Crippen LogP contribution is -2.16. The number of halogens is 1. The second kappa shape index (κ2) is 6.68. The molecule has 1 aromatic carbocycles. The molecule has 0 heterocycles. The van der Waals surface area contributed by atoms with Crippen LogP contribution in [0.4, 0.5) is 0 Å². The fourth-order valence-electron chi connectivity index (χ4n) is 1.74. The maximum absolute atomic E-state index is 6.22. The molecule has 0 aromatic heterocycles. The van der Waals surface area contributed by atoms with Gasteiger partial charge in [0.05, 0.1) is 6.61 Å². The average Bonchev–Trinajstić information content (AvgIpc) is 3.18.